The lowest BCUT2D eigenvalue weighted by molar-refractivity contribution is -0.117. The average molecular weight is 281 g/mol. The molecule has 0 saturated carbocycles. The summed E-state index contributed by atoms with van der Waals surface area (Å²) in [5, 5.41) is 13.3. The third-order valence-electron chi connectivity index (χ3n) is 3.12. The fourth-order valence-electron chi connectivity index (χ4n) is 2.21. The maximum Gasteiger partial charge on any atom is 0.227 e. The topological polar surface area (TPSA) is 89.3 Å². The minimum Gasteiger partial charge on any atom is -0.392 e. The molecule has 0 aliphatic carbocycles. The molecule has 1 amide bonds. The molecule has 2 rings (SSSR count). The molecule has 100 valence electrons. The summed E-state index contributed by atoms with van der Waals surface area (Å²) in [6.45, 7) is 0.621. The molecule has 0 spiro atoms. The lowest BCUT2D eigenvalue weighted by Crippen LogP contribution is -2.26. The molecule has 1 aromatic carbocycles. The predicted octanol–water partition coefficient (Wildman–Crippen LogP) is 2.50. The van der Waals surface area contributed by atoms with Gasteiger partial charge in [0, 0.05) is 35.0 Å². The summed E-state index contributed by atoms with van der Waals surface area (Å²) in [5.41, 5.74) is 9.59. The molecule has 1 saturated heterocycles. The number of rotatable bonds is 4. The van der Waals surface area contributed by atoms with Crippen LogP contribution in [-0.2, 0) is 11.4 Å². The molecular weight excluding hydrogens is 268 g/mol. The van der Waals surface area contributed by atoms with Gasteiger partial charge < -0.3 is 10.0 Å². The summed E-state index contributed by atoms with van der Waals surface area (Å²) < 4.78 is 0. The molecule has 0 radical (unpaired) electrons. The van der Waals surface area contributed by atoms with Crippen LogP contribution in [0.4, 0.5) is 5.69 Å². The monoisotopic (exact) mass is 280 g/mol. The molecule has 1 unspecified atom stereocenters. The van der Waals surface area contributed by atoms with Crippen LogP contribution in [0, 0.1) is 5.92 Å². The largest absolute Gasteiger partial charge is 0.392 e. The van der Waals surface area contributed by atoms with Gasteiger partial charge in [-0.2, -0.15) is 0 Å². The fraction of sp³-hybridized carbons (Fsp3) is 0.417. The van der Waals surface area contributed by atoms with Crippen molar-refractivity contribution in [1.82, 2.24) is 0 Å². The van der Waals surface area contributed by atoms with Crippen LogP contribution in [0.25, 0.3) is 10.4 Å². The summed E-state index contributed by atoms with van der Waals surface area (Å²) in [4.78, 5) is 16.3. The number of hydrogen-bond acceptors (Lipinski definition) is 3. The number of carbonyl (C=O) groups excluding carboxylic acids is 1. The third kappa shape index (κ3) is 2.98. The van der Waals surface area contributed by atoms with E-state index in [2.05, 4.69) is 10.0 Å². The van der Waals surface area contributed by atoms with Crippen LogP contribution in [0.1, 0.15) is 12.0 Å². The van der Waals surface area contributed by atoms with E-state index in [9.17, 15) is 9.90 Å². The van der Waals surface area contributed by atoms with Gasteiger partial charge in [-0.25, -0.2) is 0 Å². The van der Waals surface area contributed by atoms with E-state index in [0.29, 0.717) is 35.8 Å². The third-order valence-corrected chi connectivity index (χ3v) is 3.35. The predicted molar refractivity (Wildman–Crippen MR) is 71.8 cm³/mol. The lowest BCUT2D eigenvalue weighted by atomic mass is 10.1. The van der Waals surface area contributed by atoms with Crippen molar-refractivity contribution < 1.29 is 9.90 Å². The Kier molecular flexibility index (Phi) is 4.27. The summed E-state index contributed by atoms with van der Waals surface area (Å²) in [6, 6.07) is 5.04. The van der Waals surface area contributed by atoms with Gasteiger partial charge in [0.15, 0.2) is 0 Å². The van der Waals surface area contributed by atoms with E-state index in [0.717, 1.165) is 0 Å². The van der Waals surface area contributed by atoms with Gasteiger partial charge in [-0.15, -0.1) is 0 Å². The molecule has 19 heavy (non-hydrogen) atoms. The van der Waals surface area contributed by atoms with Crippen molar-refractivity contribution in [3.8, 4) is 0 Å². The number of aliphatic hydroxyl groups excluding tert-OH is 1. The second kappa shape index (κ2) is 5.93. The van der Waals surface area contributed by atoms with Gasteiger partial charge in [0.25, 0.3) is 0 Å². The zero-order chi connectivity index (χ0) is 13.8. The van der Waals surface area contributed by atoms with Crippen LogP contribution in [0.5, 0.6) is 0 Å². The van der Waals surface area contributed by atoms with Gasteiger partial charge in [0.2, 0.25) is 5.91 Å². The molecule has 1 aromatic rings. The molecule has 1 aliphatic rings. The van der Waals surface area contributed by atoms with E-state index in [4.69, 9.17) is 17.1 Å². The summed E-state index contributed by atoms with van der Waals surface area (Å²) >= 11 is 5.93. The van der Waals surface area contributed by atoms with Crippen LogP contribution >= 0.6 is 11.6 Å². The molecule has 1 aliphatic heterocycles. The number of nitrogens with zero attached hydrogens (tertiary/aromatic N) is 4. The van der Waals surface area contributed by atoms with E-state index in [1.165, 1.54) is 0 Å². The van der Waals surface area contributed by atoms with Crippen molar-refractivity contribution in [2.75, 3.05) is 18.0 Å². The molecular formula is C12H13ClN4O2. The van der Waals surface area contributed by atoms with Crippen LogP contribution < -0.4 is 4.90 Å². The van der Waals surface area contributed by atoms with E-state index < -0.39 is 0 Å². The standard InChI is InChI=1S/C12H13ClN4O2/c13-10-2-1-9(7-18)11(4-10)17-6-8(3-12(17)19)5-15-16-14/h1-2,4,8,18H,3,5-7H2. The fourth-order valence-corrected chi connectivity index (χ4v) is 2.38. The zero-order valence-corrected chi connectivity index (χ0v) is 10.9. The van der Waals surface area contributed by atoms with E-state index in [1.807, 2.05) is 0 Å². The van der Waals surface area contributed by atoms with Gasteiger partial charge in [-0.3, -0.25) is 4.79 Å². The maximum atomic E-state index is 12.0. The Balaban J connectivity index is 2.24. The molecule has 7 heteroatoms. The molecule has 6 nitrogen and oxygen atoms in total. The summed E-state index contributed by atoms with van der Waals surface area (Å²) in [7, 11) is 0. The first kappa shape index (κ1) is 13.7. The van der Waals surface area contributed by atoms with Crippen LogP contribution in [0.3, 0.4) is 0 Å². The SMILES string of the molecule is [N-]=[N+]=NCC1CC(=O)N(c2cc(Cl)ccc2CO)C1. The van der Waals surface area contributed by atoms with Crippen molar-refractivity contribution >= 4 is 23.2 Å². The highest BCUT2D eigenvalue weighted by Crippen LogP contribution is 2.30. The number of azide groups is 1. The smallest absolute Gasteiger partial charge is 0.227 e. The Labute approximate surface area is 115 Å². The number of amides is 1. The van der Waals surface area contributed by atoms with Crippen molar-refractivity contribution in [2.45, 2.75) is 13.0 Å². The van der Waals surface area contributed by atoms with Crippen LogP contribution in [0.15, 0.2) is 23.3 Å². The Bertz CT molecular complexity index is 543. The first-order chi connectivity index (χ1) is 9.15. The molecule has 0 bridgehead atoms. The normalized spacial score (nSPS) is 18.5. The quantitative estimate of drug-likeness (QED) is 0.521. The first-order valence-electron chi connectivity index (χ1n) is 5.86. The lowest BCUT2D eigenvalue weighted by Gasteiger charge is -2.20. The van der Waals surface area contributed by atoms with E-state index >= 15 is 0 Å². The van der Waals surface area contributed by atoms with Crippen molar-refractivity contribution in [3.63, 3.8) is 0 Å². The van der Waals surface area contributed by atoms with Crippen LogP contribution in [0.2, 0.25) is 5.02 Å². The summed E-state index contributed by atoms with van der Waals surface area (Å²) in [5.74, 6) is -0.0379. The second-order valence-corrected chi connectivity index (χ2v) is 4.86. The van der Waals surface area contributed by atoms with Crippen molar-refractivity contribution in [1.29, 1.82) is 0 Å². The zero-order valence-electron chi connectivity index (χ0n) is 10.2. The van der Waals surface area contributed by atoms with Gasteiger partial charge in [0.1, 0.15) is 0 Å². The highest BCUT2D eigenvalue weighted by molar-refractivity contribution is 6.31. The minimum absolute atomic E-state index is 0.00826. The van der Waals surface area contributed by atoms with Crippen molar-refractivity contribution in [2.24, 2.45) is 11.0 Å². The minimum atomic E-state index is -0.155. The number of halogens is 1. The van der Waals surface area contributed by atoms with Crippen LogP contribution in [-0.4, -0.2) is 24.1 Å². The number of carbonyl (C=O) groups is 1. The Morgan fingerprint density at radius 2 is 2.37 bits per heavy atom. The van der Waals surface area contributed by atoms with E-state index in [1.54, 1.807) is 23.1 Å². The Morgan fingerprint density at radius 1 is 1.58 bits per heavy atom. The van der Waals surface area contributed by atoms with Gasteiger partial charge in [-0.05, 0) is 23.6 Å². The number of anilines is 1. The average Bonchev–Trinajstić information content (AvgIpc) is 2.77. The highest BCUT2D eigenvalue weighted by Gasteiger charge is 2.31. The van der Waals surface area contributed by atoms with Gasteiger partial charge in [0.05, 0.1) is 12.3 Å². The first-order valence-corrected chi connectivity index (χ1v) is 6.24. The molecule has 1 fully saturated rings. The molecule has 1 atom stereocenters. The molecule has 1 N–H and O–H groups in total. The van der Waals surface area contributed by atoms with Gasteiger partial charge in [-0.1, -0.05) is 22.8 Å². The highest BCUT2D eigenvalue weighted by atomic mass is 35.5. The Hall–Kier alpha value is -1.75. The van der Waals surface area contributed by atoms with E-state index in [-0.39, 0.29) is 18.4 Å². The van der Waals surface area contributed by atoms with Gasteiger partial charge >= 0.3 is 0 Å². The second-order valence-electron chi connectivity index (χ2n) is 4.42. The number of aliphatic hydroxyl groups is 1. The maximum absolute atomic E-state index is 12.0. The molecule has 1 heterocycles. The Morgan fingerprint density at radius 3 is 3.05 bits per heavy atom. The van der Waals surface area contributed by atoms with Crippen molar-refractivity contribution in [3.05, 3.63) is 39.2 Å². The summed E-state index contributed by atoms with van der Waals surface area (Å²) in [6.07, 6.45) is 0.344. The molecule has 0 aromatic heterocycles. The number of hydrogen-bond donors (Lipinski definition) is 1. The number of benzene rings is 1.